The number of aromatic nitrogens is 8. The molecule has 4 aromatic heterocycles. The molecule has 0 radical (unpaired) electrons. The van der Waals surface area contributed by atoms with Crippen LogP contribution in [-0.4, -0.2) is 153 Å². The van der Waals surface area contributed by atoms with Gasteiger partial charge in [-0.15, -0.1) is 0 Å². The minimum absolute atomic E-state index is 0. The van der Waals surface area contributed by atoms with Crippen LogP contribution in [0.25, 0.3) is 0 Å². The first-order chi connectivity index (χ1) is 32.6. The third-order valence-corrected chi connectivity index (χ3v) is 12.1. The number of nitrogen functional groups attached to an aromatic ring is 4. The van der Waals surface area contributed by atoms with Crippen LogP contribution in [0, 0.1) is 0 Å². The van der Waals surface area contributed by atoms with Gasteiger partial charge in [0, 0.05) is 38.8 Å². The SMILES string of the molecule is CP(=O)([O-])CO[C@H](CO)Cn1ccc(N)nc1=O.CP1(=O)CO[C@@H](Cn2ccc(N)nc2=O)CO1.Nc1ccn(C[C@@H](CO)OCP(=O)(O)O)c(=O)n1.Nc1ccn(C[C@H]2COP(=O)(O)CO2)c(=O)n1.[Na+]. The minimum atomic E-state index is -4.31. The summed E-state index contributed by atoms with van der Waals surface area (Å²) in [7, 11) is -14.1. The molecule has 2 saturated heterocycles. The summed E-state index contributed by atoms with van der Waals surface area (Å²) < 4.78 is 79.3. The average Bonchev–Trinajstić information content (AvgIpc) is 3.26. The molecule has 2 fully saturated rings. The van der Waals surface area contributed by atoms with Crippen LogP contribution >= 0.6 is 29.9 Å². The van der Waals surface area contributed by atoms with E-state index in [1.165, 1.54) is 63.2 Å². The molecule has 0 aromatic carbocycles. The molecule has 6 rings (SSSR count). The molecule has 0 bridgehead atoms. The predicted octanol–water partition coefficient (Wildman–Crippen LogP) is -6.74. The van der Waals surface area contributed by atoms with Crippen molar-refractivity contribution in [3.63, 3.8) is 0 Å². The Morgan fingerprint density at radius 2 is 1.04 bits per heavy atom. The van der Waals surface area contributed by atoms with Crippen molar-refractivity contribution in [1.82, 2.24) is 38.2 Å². The Balaban J connectivity index is 0.000000323. The normalized spacial score (nSPS) is 21.5. The number of anilines is 4. The van der Waals surface area contributed by atoms with E-state index < -0.39 is 96.9 Å². The third kappa shape index (κ3) is 25.1. The molecule has 0 spiro atoms. The van der Waals surface area contributed by atoms with Gasteiger partial charge in [0.1, 0.15) is 54.5 Å². The van der Waals surface area contributed by atoms with Gasteiger partial charge in [0.2, 0.25) is 7.37 Å². The average molecular weight is 1100 g/mol. The molecule has 0 amide bonds. The van der Waals surface area contributed by atoms with Gasteiger partial charge in [-0.05, 0) is 30.9 Å². The Labute approximate surface area is 424 Å². The standard InChI is InChI=1S/C9H16N3O5P.C9H14N3O4P.C8H14N3O6P.C8H12N3O5P.Na/c1-18(15,16)6-17-7(5-13)4-12-3-2-8(10)11-9(12)14;1-17(14)6-15-7(5-16-17)4-12-3-2-8(10)11-9(12)13;9-7-1-2-11(8(13)10-7)3-6(4-12)17-5-18(14,15)16;9-7-1-2-11(8(12)10-7)3-6-4-16-17(13,14)5-15-6;/h2-3,7,13H,4-6H2,1H3,(H,15,16)(H2,10,11,14);2-3,7H,4-6H2,1H3,(H2,10,11,13);1-2,6,12H,3-5H2,(H2,9,10,13)(H2,14,15,16);1-2,6H,3-5H2,(H,13,14)(H2,9,10,12);/q;;;;+1/p-1/t7-;7-,17?;2*6-;/m0000./s1. The van der Waals surface area contributed by atoms with Gasteiger partial charge in [-0.1, -0.05) is 0 Å². The number of hydrogen-bond donors (Lipinski definition) is 9. The van der Waals surface area contributed by atoms with Crippen LogP contribution in [-0.2, 0) is 72.4 Å². The molecule has 0 aliphatic carbocycles. The molecule has 32 nitrogen and oxygen atoms in total. The van der Waals surface area contributed by atoms with Gasteiger partial charge < -0.3 is 85.3 Å². The van der Waals surface area contributed by atoms with E-state index in [1.54, 1.807) is 6.20 Å². The predicted molar refractivity (Wildman–Crippen MR) is 246 cm³/mol. The number of ether oxygens (including phenoxy) is 4. The van der Waals surface area contributed by atoms with Gasteiger partial charge in [0.15, 0.2) is 0 Å². The van der Waals surface area contributed by atoms with E-state index >= 15 is 0 Å². The number of rotatable bonds is 16. The molecule has 3 unspecified atom stereocenters. The fourth-order valence-electron chi connectivity index (χ4n) is 5.23. The Bertz CT molecular complexity index is 2570. The van der Waals surface area contributed by atoms with Crippen molar-refractivity contribution in [2.75, 3.05) is 88.1 Å². The maximum atomic E-state index is 11.5. The Morgan fingerprint density at radius 3 is 1.34 bits per heavy atom. The van der Waals surface area contributed by atoms with E-state index in [0.29, 0.717) is 6.54 Å². The fourth-order valence-corrected chi connectivity index (χ4v) is 8.03. The Morgan fingerprint density at radius 1 is 0.690 bits per heavy atom. The monoisotopic (exact) mass is 1100 g/mol. The van der Waals surface area contributed by atoms with Crippen LogP contribution in [0.15, 0.2) is 68.2 Å². The molecule has 2 aliphatic heterocycles. The van der Waals surface area contributed by atoms with E-state index in [1.807, 2.05) is 0 Å². The summed E-state index contributed by atoms with van der Waals surface area (Å²) in [5.74, 6) is 0.486. The Hall–Kier alpha value is -3.84. The molecule has 37 heteroatoms. The zero-order valence-corrected chi connectivity index (χ0v) is 44.0. The van der Waals surface area contributed by atoms with Crippen LogP contribution in [0.3, 0.4) is 0 Å². The number of nitrogens with zero attached hydrogens (tertiary/aromatic N) is 8. The minimum Gasteiger partial charge on any atom is -0.798 e. The molecular weight excluding hydrogens is 1040 g/mol. The van der Waals surface area contributed by atoms with Crippen molar-refractivity contribution in [2.45, 2.75) is 50.6 Å². The second-order valence-electron chi connectivity index (χ2n) is 15.1. The molecule has 0 saturated carbocycles. The van der Waals surface area contributed by atoms with Gasteiger partial charge in [0.25, 0.3) is 0 Å². The van der Waals surface area contributed by atoms with E-state index in [0.717, 1.165) is 11.2 Å². The summed E-state index contributed by atoms with van der Waals surface area (Å²) in [5.41, 5.74) is 19.2. The Kier molecular flexibility index (Phi) is 26.0. The van der Waals surface area contributed by atoms with Crippen molar-refractivity contribution in [3.8, 4) is 0 Å². The molecule has 71 heavy (non-hydrogen) atoms. The van der Waals surface area contributed by atoms with Crippen molar-refractivity contribution >= 4 is 53.2 Å². The first kappa shape index (κ1) is 63.3. The second-order valence-corrected chi connectivity index (χ2v) is 23.3. The van der Waals surface area contributed by atoms with Crippen molar-refractivity contribution < 1.29 is 106 Å². The smallest absolute Gasteiger partial charge is 0.798 e. The topological polar surface area (TPSA) is 492 Å². The summed E-state index contributed by atoms with van der Waals surface area (Å²) in [5, 5.41) is 18.0. The van der Waals surface area contributed by atoms with Crippen molar-refractivity contribution in [2.24, 2.45) is 0 Å². The third-order valence-electron chi connectivity index (χ3n) is 8.63. The van der Waals surface area contributed by atoms with E-state index in [-0.39, 0.29) is 104 Å². The molecule has 13 N–H and O–H groups in total. The maximum absolute atomic E-state index is 11.5. The summed E-state index contributed by atoms with van der Waals surface area (Å²) in [6.07, 6.45) is 1.74. The first-order valence-electron chi connectivity index (χ1n) is 20.1. The van der Waals surface area contributed by atoms with E-state index in [2.05, 4.69) is 19.9 Å². The molecule has 2 aliphatic rings. The van der Waals surface area contributed by atoms with Gasteiger partial charge in [0.05, 0.1) is 71.2 Å². The van der Waals surface area contributed by atoms with Gasteiger partial charge >= 0.3 is 67.5 Å². The van der Waals surface area contributed by atoms with Crippen LogP contribution in [0.5, 0.6) is 0 Å². The van der Waals surface area contributed by atoms with E-state index in [9.17, 15) is 42.3 Å². The molecule has 4 aromatic rings. The summed E-state index contributed by atoms with van der Waals surface area (Å²) in [4.78, 5) is 97.0. The number of aliphatic hydroxyl groups is 2. The second kappa shape index (κ2) is 29.2. The molecule has 392 valence electrons. The number of nitrogens with two attached hydrogens (primary N) is 4. The van der Waals surface area contributed by atoms with Gasteiger partial charge in [-0.2, -0.15) is 19.9 Å². The molecule has 6 heterocycles. The zero-order valence-electron chi connectivity index (χ0n) is 38.4. The number of aliphatic hydroxyl groups excluding tert-OH is 2. The van der Waals surface area contributed by atoms with Crippen LogP contribution in [0.4, 0.5) is 23.3 Å². The van der Waals surface area contributed by atoms with Crippen molar-refractivity contribution in [1.29, 1.82) is 0 Å². The van der Waals surface area contributed by atoms with Crippen LogP contribution < -0.4 is 80.1 Å². The van der Waals surface area contributed by atoms with E-state index in [4.69, 9.17) is 75.8 Å². The summed E-state index contributed by atoms with van der Waals surface area (Å²) in [6, 6.07) is 5.84. The maximum Gasteiger partial charge on any atom is 1.00 e. The van der Waals surface area contributed by atoms with Crippen LogP contribution in [0.2, 0.25) is 0 Å². The molecule has 7 atom stereocenters. The summed E-state index contributed by atoms with van der Waals surface area (Å²) in [6.45, 7) is 2.28. The molecular formula is C34H55N12NaO20P4. The van der Waals surface area contributed by atoms with Crippen LogP contribution in [0.1, 0.15) is 0 Å². The van der Waals surface area contributed by atoms with Gasteiger partial charge in [-0.3, -0.25) is 32.0 Å². The summed E-state index contributed by atoms with van der Waals surface area (Å²) >= 11 is 0. The number of hydrogen-bond acceptors (Lipinski definition) is 25. The van der Waals surface area contributed by atoms with Gasteiger partial charge in [-0.25, -0.2) is 19.2 Å². The largest absolute Gasteiger partial charge is 1.00 e. The van der Waals surface area contributed by atoms with Crippen molar-refractivity contribution in [3.05, 3.63) is 91.0 Å². The fraction of sp³-hybridized carbons (Fsp3) is 0.529. The zero-order chi connectivity index (χ0) is 52.5. The quantitative estimate of drug-likeness (QED) is 0.0372. The first-order valence-corrected chi connectivity index (χ1v) is 28.1.